The Morgan fingerprint density at radius 3 is 2.50 bits per heavy atom. The lowest BCUT2D eigenvalue weighted by molar-refractivity contribution is -0.139. The van der Waals surface area contributed by atoms with Crippen LogP contribution in [0.4, 0.5) is 0 Å². The van der Waals surface area contributed by atoms with E-state index in [0.29, 0.717) is 12.6 Å². The quantitative estimate of drug-likeness (QED) is 0.606. The molecule has 0 aliphatic heterocycles. The summed E-state index contributed by atoms with van der Waals surface area (Å²) in [6, 6.07) is 0.370. The molecule has 0 saturated carbocycles. The molecule has 4 nitrogen and oxygen atoms in total. The molecule has 4 heteroatoms. The van der Waals surface area contributed by atoms with Crippen LogP contribution in [-0.2, 0) is 9.53 Å². The minimum absolute atomic E-state index is 0.199. The Labute approximate surface area is 99.3 Å². The first-order valence-corrected chi connectivity index (χ1v) is 6.16. The molecular weight excluding hydrogens is 204 g/mol. The number of hydrogen-bond acceptors (Lipinski definition) is 4. The molecular formula is C12H26N2O2. The van der Waals surface area contributed by atoms with Gasteiger partial charge in [-0.3, -0.25) is 4.79 Å². The lowest BCUT2D eigenvalue weighted by Gasteiger charge is -2.19. The standard InChI is InChI=1S/C12H26N2O2/c1-5-14(6-2)9-7-8-11(3)13-10-12(15)16-4/h11,13H,5-10H2,1-4H3. The van der Waals surface area contributed by atoms with Crippen molar-refractivity contribution in [3.63, 3.8) is 0 Å². The molecule has 0 fully saturated rings. The van der Waals surface area contributed by atoms with E-state index >= 15 is 0 Å². The van der Waals surface area contributed by atoms with Crippen molar-refractivity contribution in [3.05, 3.63) is 0 Å². The number of carbonyl (C=O) groups is 1. The van der Waals surface area contributed by atoms with Crippen molar-refractivity contribution in [1.29, 1.82) is 0 Å². The molecule has 1 N–H and O–H groups in total. The van der Waals surface area contributed by atoms with Crippen LogP contribution >= 0.6 is 0 Å². The van der Waals surface area contributed by atoms with E-state index in [1.54, 1.807) is 0 Å². The lowest BCUT2D eigenvalue weighted by atomic mass is 10.2. The Morgan fingerprint density at radius 2 is 2.00 bits per heavy atom. The number of nitrogens with zero attached hydrogens (tertiary/aromatic N) is 1. The highest BCUT2D eigenvalue weighted by Crippen LogP contribution is 1.99. The average Bonchev–Trinajstić information content (AvgIpc) is 2.31. The van der Waals surface area contributed by atoms with E-state index in [2.05, 4.69) is 35.7 Å². The number of rotatable bonds is 9. The van der Waals surface area contributed by atoms with Gasteiger partial charge in [-0.05, 0) is 39.4 Å². The van der Waals surface area contributed by atoms with Crippen LogP contribution in [0.1, 0.15) is 33.6 Å². The van der Waals surface area contributed by atoms with Crippen molar-refractivity contribution in [2.24, 2.45) is 0 Å². The van der Waals surface area contributed by atoms with Crippen LogP contribution in [0.25, 0.3) is 0 Å². The maximum Gasteiger partial charge on any atom is 0.319 e. The molecule has 0 aliphatic carbocycles. The Morgan fingerprint density at radius 1 is 1.38 bits per heavy atom. The lowest BCUT2D eigenvalue weighted by Crippen LogP contribution is -2.33. The molecule has 0 aromatic rings. The number of methoxy groups -OCH3 is 1. The van der Waals surface area contributed by atoms with Crippen molar-refractivity contribution < 1.29 is 9.53 Å². The molecule has 0 spiro atoms. The molecule has 0 aromatic heterocycles. The Hall–Kier alpha value is -0.610. The summed E-state index contributed by atoms with van der Waals surface area (Å²) in [6.07, 6.45) is 2.25. The van der Waals surface area contributed by atoms with E-state index in [4.69, 9.17) is 0 Å². The van der Waals surface area contributed by atoms with Gasteiger partial charge in [-0.15, -0.1) is 0 Å². The van der Waals surface area contributed by atoms with Crippen molar-refractivity contribution >= 4 is 5.97 Å². The molecule has 16 heavy (non-hydrogen) atoms. The van der Waals surface area contributed by atoms with Crippen LogP contribution in [0.2, 0.25) is 0 Å². The minimum atomic E-state index is -0.199. The summed E-state index contributed by atoms with van der Waals surface area (Å²) in [4.78, 5) is 13.3. The van der Waals surface area contributed by atoms with E-state index < -0.39 is 0 Å². The normalized spacial score (nSPS) is 12.8. The molecule has 1 unspecified atom stereocenters. The first kappa shape index (κ1) is 15.4. The highest BCUT2D eigenvalue weighted by atomic mass is 16.5. The van der Waals surface area contributed by atoms with Gasteiger partial charge in [0.15, 0.2) is 0 Å². The predicted octanol–water partition coefficient (Wildman–Crippen LogP) is 1.26. The predicted molar refractivity (Wildman–Crippen MR) is 66.5 cm³/mol. The van der Waals surface area contributed by atoms with E-state index in [1.807, 2.05) is 0 Å². The van der Waals surface area contributed by atoms with Gasteiger partial charge in [0.05, 0.1) is 13.7 Å². The van der Waals surface area contributed by atoms with Crippen molar-refractivity contribution in [2.75, 3.05) is 33.3 Å². The second-order valence-corrected chi connectivity index (χ2v) is 4.03. The van der Waals surface area contributed by atoms with Gasteiger partial charge in [0.1, 0.15) is 0 Å². The largest absolute Gasteiger partial charge is 0.468 e. The Bertz CT molecular complexity index is 182. The number of ether oxygens (including phenoxy) is 1. The summed E-state index contributed by atoms with van der Waals surface area (Å²) < 4.78 is 4.57. The van der Waals surface area contributed by atoms with Crippen molar-refractivity contribution in [2.45, 2.75) is 39.7 Å². The number of esters is 1. The smallest absolute Gasteiger partial charge is 0.319 e. The third-order valence-electron chi connectivity index (χ3n) is 2.83. The monoisotopic (exact) mass is 230 g/mol. The minimum Gasteiger partial charge on any atom is -0.468 e. The Kier molecular flexibility index (Phi) is 9.24. The summed E-state index contributed by atoms with van der Waals surface area (Å²) in [7, 11) is 1.41. The van der Waals surface area contributed by atoms with E-state index in [0.717, 1.165) is 32.5 Å². The SMILES string of the molecule is CCN(CC)CCCC(C)NCC(=O)OC. The molecule has 96 valence electrons. The summed E-state index contributed by atoms with van der Waals surface area (Å²) in [5, 5.41) is 3.15. The highest BCUT2D eigenvalue weighted by molar-refractivity contribution is 5.71. The fraction of sp³-hybridized carbons (Fsp3) is 0.917. The van der Waals surface area contributed by atoms with Gasteiger partial charge < -0.3 is 15.0 Å². The number of carbonyl (C=O) groups excluding carboxylic acids is 1. The van der Waals surface area contributed by atoms with Gasteiger partial charge >= 0.3 is 5.97 Å². The third kappa shape index (κ3) is 7.65. The van der Waals surface area contributed by atoms with E-state index in [1.165, 1.54) is 7.11 Å². The summed E-state index contributed by atoms with van der Waals surface area (Å²) in [6.45, 7) is 10.1. The molecule has 0 radical (unpaired) electrons. The van der Waals surface area contributed by atoms with Crippen LogP contribution in [0, 0.1) is 0 Å². The molecule has 0 rings (SSSR count). The van der Waals surface area contributed by atoms with Crippen molar-refractivity contribution in [3.8, 4) is 0 Å². The summed E-state index contributed by atoms with van der Waals surface area (Å²) in [5.74, 6) is -0.199. The maximum absolute atomic E-state index is 10.9. The average molecular weight is 230 g/mol. The molecule has 0 aromatic carbocycles. The van der Waals surface area contributed by atoms with Gasteiger partial charge in [0, 0.05) is 6.04 Å². The zero-order valence-corrected chi connectivity index (χ0v) is 11.1. The molecule has 0 bridgehead atoms. The summed E-state index contributed by atoms with van der Waals surface area (Å²) in [5.41, 5.74) is 0. The van der Waals surface area contributed by atoms with Gasteiger partial charge in [0.25, 0.3) is 0 Å². The van der Waals surface area contributed by atoms with Crippen LogP contribution in [0.3, 0.4) is 0 Å². The molecule has 0 amide bonds. The Balaban J connectivity index is 3.49. The molecule has 1 atom stereocenters. The van der Waals surface area contributed by atoms with Crippen LogP contribution in [0.5, 0.6) is 0 Å². The first-order valence-electron chi connectivity index (χ1n) is 6.16. The second kappa shape index (κ2) is 9.60. The summed E-state index contributed by atoms with van der Waals surface area (Å²) >= 11 is 0. The van der Waals surface area contributed by atoms with Crippen molar-refractivity contribution in [1.82, 2.24) is 10.2 Å². The fourth-order valence-electron chi connectivity index (χ4n) is 1.59. The van der Waals surface area contributed by atoms with E-state index in [9.17, 15) is 4.79 Å². The molecule has 0 saturated heterocycles. The second-order valence-electron chi connectivity index (χ2n) is 4.03. The maximum atomic E-state index is 10.9. The van der Waals surface area contributed by atoms with Gasteiger partial charge in [-0.25, -0.2) is 0 Å². The van der Waals surface area contributed by atoms with E-state index in [-0.39, 0.29) is 5.97 Å². The zero-order chi connectivity index (χ0) is 12.4. The highest BCUT2D eigenvalue weighted by Gasteiger charge is 2.06. The van der Waals surface area contributed by atoms with Crippen LogP contribution in [0.15, 0.2) is 0 Å². The van der Waals surface area contributed by atoms with Crippen LogP contribution in [-0.4, -0.2) is 50.2 Å². The van der Waals surface area contributed by atoms with Gasteiger partial charge in [0.2, 0.25) is 0 Å². The first-order chi connectivity index (χ1) is 7.63. The third-order valence-corrected chi connectivity index (χ3v) is 2.83. The fourth-order valence-corrected chi connectivity index (χ4v) is 1.59. The topological polar surface area (TPSA) is 41.6 Å². The van der Waals surface area contributed by atoms with Gasteiger partial charge in [-0.2, -0.15) is 0 Å². The molecule has 0 aliphatic rings. The number of hydrogen-bond donors (Lipinski definition) is 1. The van der Waals surface area contributed by atoms with Crippen LogP contribution < -0.4 is 5.32 Å². The van der Waals surface area contributed by atoms with Gasteiger partial charge in [-0.1, -0.05) is 13.8 Å². The molecule has 0 heterocycles. The number of nitrogens with one attached hydrogen (secondary N) is 1. The zero-order valence-electron chi connectivity index (χ0n) is 11.1.